The van der Waals surface area contributed by atoms with Crippen LogP contribution in [0.15, 0.2) is 11.5 Å². The van der Waals surface area contributed by atoms with Crippen LogP contribution in [0.25, 0.3) is 0 Å². The molecule has 0 radical (unpaired) electrons. The van der Waals surface area contributed by atoms with Crippen LogP contribution in [0.5, 0.6) is 0 Å². The number of aromatic nitrogens is 3. The van der Waals surface area contributed by atoms with E-state index in [1.54, 1.807) is 6.08 Å². The number of nitrogens with one attached hydrogen (secondary N) is 1. The lowest BCUT2D eigenvalue weighted by Crippen LogP contribution is -2.31. The van der Waals surface area contributed by atoms with Crippen molar-refractivity contribution in [3.8, 4) is 0 Å². The summed E-state index contributed by atoms with van der Waals surface area (Å²) in [6.07, 6.45) is 5.03. The van der Waals surface area contributed by atoms with Gasteiger partial charge in [0, 0.05) is 24.4 Å². The largest absolute Gasteiger partial charge is 0.314 e. The third kappa shape index (κ3) is 2.32. The van der Waals surface area contributed by atoms with Crippen molar-refractivity contribution in [2.45, 2.75) is 38.4 Å². The van der Waals surface area contributed by atoms with E-state index in [4.69, 9.17) is 0 Å². The van der Waals surface area contributed by atoms with E-state index >= 15 is 0 Å². The van der Waals surface area contributed by atoms with Crippen molar-refractivity contribution in [3.05, 3.63) is 23.1 Å². The van der Waals surface area contributed by atoms with Crippen LogP contribution in [-0.4, -0.2) is 35.0 Å². The number of fused-ring (bicyclic) bond motifs is 1. The Kier molecular flexibility index (Phi) is 2.95. The summed E-state index contributed by atoms with van der Waals surface area (Å²) in [5.74, 6) is 2.10. The maximum absolute atomic E-state index is 11.3. The molecule has 1 atom stereocenters. The van der Waals surface area contributed by atoms with Gasteiger partial charge in [0.1, 0.15) is 11.6 Å². The minimum atomic E-state index is -2.99. The molecule has 2 aliphatic heterocycles. The Morgan fingerprint density at radius 1 is 1.39 bits per heavy atom. The van der Waals surface area contributed by atoms with Gasteiger partial charge in [-0.05, 0) is 12.8 Å². The van der Waals surface area contributed by atoms with Crippen molar-refractivity contribution in [2.75, 3.05) is 5.75 Å². The summed E-state index contributed by atoms with van der Waals surface area (Å²) in [5.41, 5.74) is 0. The van der Waals surface area contributed by atoms with Crippen LogP contribution in [0.4, 0.5) is 0 Å². The number of hydrogen-bond donors (Lipinski definition) is 1. The molecular formula is C11H16N4O2S. The Labute approximate surface area is 106 Å². The van der Waals surface area contributed by atoms with Gasteiger partial charge in [-0.25, -0.2) is 8.42 Å². The molecule has 1 aromatic heterocycles. The quantitative estimate of drug-likeness (QED) is 0.836. The molecule has 1 N–H and O–H groups in total. The molecule has 0 bridgehead atoms. The van der Waals surface area contributed by atoms with Crippen LogP contribution < -0.4 is 5.32 Å². The zero-order chi connectivity index (χ0) is 12.6. The molecule has 3 heterocycles. The molecule has 1 aromatic rings. The van der Waals surface area contributed by atoms with Gasteiger partial charge in [-0.2, -0.15) is 0 Å². The van der Waals surface area contributed by atoms with Gasteiger partial charge in [0.15, 0.2) is 9.84 Å². The minimum Gasteiger partial charge on any atom is -0.314 e. The van der Waals surface area contributed by atoms with E-state index in [2.05, 4.69) is 20.1 Å². The topological polar surface area (TPSA) is 76.9 Å². The molecule has 0 amide bonds. The summed E-state index contributed by atoms with van der Waals surface area (Å²) >= 11 is 0. The predicted molar refractivity (Wildman–Crippen MR) is 66.5 cm³/mol. The molecule has 18 heavy (non-hydrogen) atoms. The van der Waals surface area contributed by atoms with Crippen LogP contribution in [0.3, 0.4) is 0 Å². The van der Waals surface area contributed by atoms with Gasteiger partial charge in [0.25, 0.3) is 0 Å². The molecule has 3 rings (SSSR count). The van der Waals surface area contributed by atoms with Gasteiger partial charge in [-0.3, -0.25) is 0 Å². The van der Waals surface area contributed by atoms with Gasteiger partial charge in [0.05, 0.1) is 12.3 Å². The van der Waals surface area contributed by atoms with Gasteiger partial charge >= 0.3 is 0 Å². The van der Waals surface area contributed by atoms with Crippen molar-refractivity contribution >= 4 is 9.84 Å². The van der Waals surface area contributed by atoms with Crippen LogP contribution in [0, 0.1) is 0 Å². The zero-order valence-electron chi connectivity index (χ0n) is 10.0. The average Bonchev–Trinajstić information content (AvgIpc) is 2.90. The zero-order valence-corrected chi connectivity index (χ0v) is 10.9. The lowest BCUT2D eigenvalue weighted by molar-refractivity contribution is 0.493. The molecule has 0 fully saturated rings. The molecule has 2 aliphatic rings. The fraction of sp³-hybridized carbons (Fsp3) is 0.636. The Balaban J connectivity index is 1.64. The second-order valence-corrected chi connectivity index (χ2v) is 6.72. The minimum absolute atomic E-state index is 0.105. The molecule has 0 aromatic carbocycles. The smallest absolute Gasteiger partial charge is 0.173 e. The first kappa shape index (κ1) is 11.9. The number of nitrogens with zero attached hydrogens (tertiary/aromatic N) is 3. The molecule has 0 spiro atoms. The SMILES string of the molecule is O=S1(=O)C=CC(NCc2nnc3n2CCCC3)C1. The fourth-order valence-electron chi connectivity index (χ4n) is 2.42. The van der Waals surface area contributed by atoms with Gasteiger partial charge in [0.2, 0.25) is 0 Å². The second-order valence-electron chi connectivity index (χ2n) is 4.79. The summed E-state index contributed by atoms with van der Waals surface area (Å²) in [6, 6.07) is -0.105. The van der Waals surface area contributed by atoms with E-state index in [0.29, 0.717) is 6.54 Å². The Bertz CT molecular complexity index is 576. The maximum atomic E-state index is 11.3. The summed E-state index contributed by atoms with van der Waals surface area (Å²) < 4.78 is 24.7. The monoisotopic (exact) mass is 268 g/mol. The third-order valence-corrected chi connectivity index (χ3v) is 4.78. The number of rotatable bonds is 3. The summed E-state index contributed by atoms with van der Waals surface area (Å²) in [4.78, 5) is 0. The second kappa shape index (κ2) is 4.47. The van der Waals surface area contributed by atoms with Crippen molar-refractivity contribution < 1.29 is 8.42 Å². The Morgan fingerprint density at radius 2 is 2.28 bits per heavy atom. The van der Waals surface area contributed by atoms with Gasteiger partial charge in [-0.15, -0.1) is 10.2 Å². The highest BCUT2D eigenvalue weighted by molar-refractivity contribution is 7.94. The van der Waals surface area contributed by atoms with Crippen molar-refractivity contribution in [1.29, 1.82) is 0 Å². The first-order chi connectivity index (χ1) is 8.64. The van der Waals surface area contributed by atoms with E-state index in [1.807, 2.05) is 0 Å². The van der Waals surface area contributed by atoms with Crippen molar-refractivity contribution in [1.82, 2.24) is 20.1 Å². The molecular weight excluding hydrogens is 252 g/mol. The number of aryl methyl sites for hydroxylation is 1. The molecule has 6 nitrogen and oxygen atoms in total. The van der Waals surface area contributed by atoms with E-state index in [0.717, 1.165) is 31.0 Å². The van der Waals surface area contributed by atoms with Crippen molar-refractivity contribution in [2.24, 2.45) is 0 Å². The molecule has 7 heteroatoms. The predicted octanol–water partition coefficient (Wildman–Crippen LogP) is 0.0147. The first-order valence-corrected chi connectivity index (χ1v) is 7.91. The van der Waals surface area contributed by atoms with Crippen molar-refractivity contribution in [3.63, 3.8) is 0 Å². The Hall–Kier alpha value is -1.21. The number of hydrogen-bond acceptors (Lipinski definition) is 5. The molecule has 1 unspecified atom stereocenters. The first-order valence-electron chi connectivity index (χ1n) is 6.19. The summed E-state index contributed by atoms with van der Waals surface area (Å²) in [7, 11) is -2.99. The highest BCUT2D eigenvalue weighted by atomic mass is 32.2. The molecule has 0 aliphatic carbocycles. The highest BCUT2D eigenvalue weighted by Crippen LogP contribution is 2.14. The third-order valence-electron chi connectivity index (χ3n) is 3.39. The standard InChI is InChI=1S/C11H16N4O2S/c16-18(17)6-4-9(8-18)12-7-11-14-13-10-3-1-2-5-15(10)11/h4,6,9,12H,1-3,5,7-8H2. The lowest BCUT2D eigenvalue weighted by Gasteiger charge is -2.15. The van der Waals surface area contributed by atoms with Crippen LogP contribution in [0.2, 0.25) is 0 Å². The lowest BCUT2D eigenvalue weighted by atomic mass is 10.2. The molecule has 0 saturated carbocycles. The van der Waals surface area contributed by atoms with Crippen LogP contribution in [0.1, 0.15) is 24.5 Å². The fourth-order valence-corrected chi connectivity index (χ4v) is 3.69. The average molecular weight is 268 g/mol. The highest BCUT2D eigenvalue weighted by Gasteiger charge is 2.22. The van der Waals surface area contributed by atoms with E-state index in [9.17, 15) is 8.42 Å². The molecule has 0 saturated heterocycles. The van der Waals surface area contributed by atoms with Gasteiger partial charge < -0.3 is 9.88 Å². The van der Waals surface area contributed by atoms with Crippen LogP contribution in [-0.2, 0) is 29.3 Å². The summed E-state index contributed by atoms with van der Waals surface area (Å²) in [6.45, 7) is 1.54. The van der Waals surface area contributed by atoms with E-state index < -0.39 is 9.84 Å². The molecule has 98 valence electrons. The normalized spacial score (nSPS) is 25.2. The Morgan fingerprint density at radius 3 is 3.06 bits per heavy atom. The number of sulfone groups is 1. The van der Waals surface area contributed by atoms with E-state index in [1.165, 1.54) is 11.8 Å². The van der Waals surface area contributed by atoms with Gasteiger partial charge in [-0.1, -0.05) is 6.08 Å². The van der Waals surface area contributed by atoms with E-state index in [-0.39, 0.29) is 11.8 Å². The summed E-state index contributed by atoms with van der Waals surface area (Å²) in [5, 5.41) is 12.8. The van der Waals surface area contributed by atoms with Crippen LogP contribution >= 0.6 is 0 Å². The maximum Gasteiger partial charge on any atom is 0.173 e.